The van der Waals surface area contributed by atoms with E-state index in [9.17, 15) is 4.79 Å². The zero-order chi connectivity index (χ0) is 20.6. The fraction of sp³-hybridized carbons (Fsp3) is 0.458. The number of ether oxygens (including phenoxy) is 1. The maximum atomic E-state index is 12.6. The first kappa shape index (κ1) is 21.3. The van der Waals surface area contributed by atoms with Crippen molar-refractivity contribution in [1.82, 2.24) is 0 Å². The molecule has 29 heavy (non-hydrogen) atoms. The lowest BCUT2D eigenvalue weighted by Crippen LogP contribution is -3.28. The van der Waals surface area contributed by atoms with Crippen LogP contribution in [-0.4, -0.2) is 45.7 Å². The Bertz CT molecular complexity index is 783. The first-order valence-electron chi connectivity index (χ1n) is 10.8. The highest BCUT2D eigenvalue weighted by Gasteiger charge is 2.25. The Kier molecular flexibility index (Phi) is 7.67. The van der Waals surface area contributed by atoms with Gasteiger partial charge in [-0.05, 0) is 48.2 Å². The predicted octanol–water partition coefficient (Wildman–Crippen LogP) is 1.13. The van der Waals surface area contributed by atoms with E-state index in [1.54, 1.807) is 12.0 Å². The van der Waals surface area contributed by atoms with Crippen molar-refractivity contribution in [3.05, 3.63) is 59.7 Å². The average Bonchev–Trinajstić information content (AvgIpc) is 2.75. The van der Waals surface area contributed by atoms with Crippen LogP contribution in [0.4, 0.5) is 5.69 Å². The maximum absolute atomic E-state index is 12.6. The molecule has 0 saturated carbocycles. The number of methoxy groups -OCH3 is 1. The normalized spacial score (nSPS) is 20.1. The number of piperazine rings is 1. The molecule has 1 aliphatic heterocycles. The lowest BCUT2D eigenvalue weighted by Gasteiger charge is -2.29. The Balaban J connectivity index is 1.46. The number of nitrogens with one attached hydrogen (secondary N) is 3. The molecule has 1 aliphatic rings. The number of benzene rings is 2. The minimum Gasteiger partial charge on any atom is -0.497 e. The molecule has 2 aromatic carbocycles. The molecule has 1 heterocycles. The summed E-state index contributed by atoms with van der Waals surface area (Å²) in [7, 11) is 1.70. The third kappa shape index (κ3) is 6.05. The number of carbonyl (C=O) groups excluding carboxylic acids is 1. The lowest BCUT2D eigenvalue weighted by molar-refractivity contribution is -1.02. The largest absolute Gasteiger partial charge is 0.497 e. The number of amides is 1. The summed E-state index contributed by atoms with van der Waals surface area (Å²) in [6.45, 7) is 10.2. The first-order valence-corrected chi connectivity index (χ1v) is 10.8. The van der Waals surface area contributed by atoms with Gasteiger partial charge in [0.15, 0.2) is 6.54 Å². The van der Waals surface area contributed by atoms with Crippen molar-refractivity contribution in [2.45, 2.75) is 32.7 Å². The van der Waals surface area contributed by atoms with Crippen molar-refractivity contribution in [2.75, 3.05) is 45.2 Å². The van der Waals surface area contributed by atoms with Gasteiger partial charge in [0.2, 0.25) is 0 Å². The zero-order valence-corrected chi connectivity index (χ0v) is 18.0. The molecule has 1 amide bonds. The fourth-order valence-corrected chi connectivity index (χ4v) is 4.02. The Hall–Kier alpha value is -2.37. The molecular weight excluding hydrogens is 362 g/mol. The van der Waals surface area contributed by atoms with Crippen LogP contribution in [0.1, 0.15) is 37.3 Å². The third-order valence-corrected chi connectivity index (χ3v) is 6.07. The molecule has 5 heteroatoms. The standard InChI is InChI=1S/C24H33N3O2/c1-4-19(2)22-7-5-6-8-23(22)25-24(28)18-27-15-13-26(14-16-27)17-20-9-11-21(29-3)12-10-20/h5-12,19H,4,13-18H2,1-3H3,(H,25,28)/p+2/t19-/m1/s1. The Morgan fingerprint density at radius 1 is 1.03 bits per heavy atom. The second-order valence-electron chi connectivity index (χ2n) is 8.15. The number of anilines is 1. The molecule has 5 nitrogen and oxygen atoms in total. The van der Waals surface area contributed by atoms with Crippen LogP contribution in [0.25, 0.3) is 0 Å². The average molecular weight is 398 g/mol. The third-order valence-electron chi connectivity index (χ3n) is 6.07. The molecule has 0 unspecified atom stereocenters. The van der Waals surface area contributed by atoms with Crippen LogP contribution in [-0.2, 0) is 11.3 Å². The predicted molar refractivity (Wildman–Crippen MR) is 117 cm³/mol. The van der Waals surface area contributed by atoms with Crippen molar-refractivity contribution in [2.24, 2.45) is 0 Å². The van der Waals surface area contributed by atoms with Crippen LogP contribution in [0.3, 0.4) is 0 Å². The van der Waals surface area contributed by atoms with E-state index in [2.05, 4.69) is 37.4 Å². The molecule has 1 atom stereocenters. The van der Waals surface area contributed by atoms with Gasteiger partial charge in [0.05, 0.1) is 7.11 Å². The van der Waals surface area contributed by atoms with Gasteiger partial charge in [-0.15, -0.1) is 0 Å². The van der Waals surface area contributed by atoms with Crippen LogP contribution in [0.15, 0.2) is 48.5 Å². The molecule has 1 saturated heterocycles. The van der Waals surface area contributed by atoms with E-state index in [1.807, 2.05) is 30.3 Å². The van der Waals surface area contributed by atoms with E-state index in [0.29, 0.717) is 12.5 Å². The molecule has 0 aliphatic carbocycles. The van der Waals surface area contributed by atoms with Gasteiger partial charge >= 0.3 is 0 Å². The Morgan fingerprint density at radius 2 is 1.69 bits per heavy atom. The van der Waals surface area contributed by atoms with Crippen LogP contribution in [0.5, 0.6) is 5.75 Å². The topological polar surface area (TPSA) is 47.2 Å². The minimum absolute atomic E-state index is 0.120. The number of para-hydroxylation sites is 1. The van der Waals surface area contributed by atoms with Crippen molar-refractivity contribution in [1.29, 1.82) is 0 Å². The molecule has 1 fully saturated rings. The highest BCUT2D eigenvalue weighted by Crippen LogP contribution is 2.26. The monoisotopic (exact) mass is 397 g/mol. The summed E-state index contributed by atoms with van der Waals surface area (Å²) in [5.74, 6) is 1.47. The summed E-state index contributed by atoms with van der Waals surface area (Å²) < 4.78 is 5.23. The molecule has 0 aromatic heterocycles. The first-order chi connectivity index (χ1) is 14.1. The molecule has 3 rings (SSSR count). The second-order valence-corrected chi connectivity index (χ2v) is 8.15. The Morgan fingerprint density at radius 3 is 2.34 bits per heavy atom. The fourth-order valence-electron chi connectivity index (χ4n) is 4.02. The molecule has 3 N–H and O–H groups in total. The van der Waals surface area contributed by atoms with Crippen molar-refractivity contribution in [3.63, 3.8) is 0 Å². The van der Waals surface area contributed by atoms with Crippen LogP contribution >= 0.6 is 0 Å². The van der Waals surface area contributed by atoms with Gasteiger partial charge in [0, 0.05) is 11.3 Å². The molecule has 0 spiro atoms. The maximum Gasteiger partial charge on any atom is 0.279 e. The molecule has 0 bridgehead atoms. The van der Waals surface area contributed by atoms with Crippen molar-refractivity contribution >= 4 is 11.6 Å². The van der Waals surface area contributed by atoms with Gasteiger partial charge in [-0.25, -0.2) is 0 Å². The smallest absolute Gasteiger partial charge is 0.279 e. The molecule has 156 valence electrons. The lowest BCUT2D eigenvalue weighted by atomic mass is 9.97. The number of hydrogen-bond donors (Lipinski definition) is 3. The SMILES string of the molecule is CC[C@@H](C)c1ccccc1NC(=O)C[NH+]1CC[NH+](Cc2ccc(OC)cc2)CC1. The van der Waals surface area contributed by atoms with E-state index >= 15 is 0 Å². The van der Waals surface area contributed by atoms with E-state index in [0.717, 1.165) is 50.6 Å². The number of carbonyl (C=O) groups is 1. The van der Waals surface area contributed by atoms with Gasteiger partial charge in [-0.2, -0.15) is 0 Å². The number of rotatable bonds is 8. The number of quaternary nitrogens is 2. The highest BCUT2D eigenvalue weighted by molar-refractivity contribution is 5.92. The van der Waals surface area contributed by atoms with Gasteiger partial charge in [-0.3, -0.25) is 4.79 Å². The van der Waals surface area contributed by atoms with Gasteiger partial charge in [0.25, 0.3) is 5.91 Å². The summed E-state index contributed by atoms with van der Waals surface area (Å²) >= 11 is 0. The molecule has 2 aromatic rings. The van der Waals surface area contributed by atoms with Crippen molar-refractivity contribution < 1.29 is 19.3 Å². The van der Waals surface area contributed by atoms with E-state index in [-0.39, 0.29) is 5.91 Å². The summed E-state index contributed by atoms with van der Waals surface area (Å²) in [4.78, 5) is 15.6. The highest BCUT2D eigenvalue weighted by atomic mass is 16.5. The molecular formula is C24H35N3O2+2. The summed E-state index contributed by atoms with van der Waals surface area (Å²) in [5, 5.41) is 3.16. The minimum atomic E-state index is 0.120. The van der Waals surface area contributed by atoms with Crippen molar-refractivity contribution in [3.8, 4) is 5.75 Å². The summed E-state index contributed by atoms with van der Waals surface area (Å²) in [6.07, 6.45) is 1.07. The van der Waals surface area contributed by atoms with Gasteiger partial charge < -0.3 is 19.9 Å². The van der Waals surface area contributed by atoms with Crippen LogP contribution in [0, 0.1) is 0 Å². The summed E-state index contributed by atoms with van der Waals surface area (Å²) in [5.41, 5.74) is 3.53. The number of hydrogen-bond acceptors (Lipinski definition) is 2. The molecule has 0 radical (unpaired) electrons. The van der Waals surface area contributed by atoms with Crippen LogP contribution < -0.4 is 19.9 Å². The second kappa shape index (κ2) is 10.4. The van der Waals surface area contributed by atoms with E-state index < -0.39 is 0 Å². The van der Waals surface area contributed by atoms with Gasteiger partial charge in [0.1, 0.15) is 38.5 Å². The van der Waals surface area contributed by atoms with Gasteiger partial charge in [-0.1, -0.05) is 32.0 Å². The zero-order valence-electron chi connectivity index (χ0n) is 18.0. The Labute approximate surface area is 174 Å². The van der Waals surface area contributed by atoms with E-state index in [1.165, 1.54) is 16.0 Å². The van der Waals surface area contributed by atoms with Crippen LogP contribution in [0.2, 0.25) is 0 Å². The quantitative estimate of drug-likeness (QED) is 0.625. The van der Waals surface area contributed by atoms with E-state index in [4.69, 9.17) is 4.74 Å². The summed E-state index contributed by atoms with van der Waals surface area (Å²) in [6, 6.07) is 16.5.